The zero-order chi connectivity index (χ0) is 15.4. The molecule has 0 amide bonds. The molecule has 0 bridgehead atoms. The van der Waals surface area contributed by atoms with Gasteiger partial charge in [0.2, 0.25) is 0 Å². The van der Waals surface area contributed by atoms with Gasteiger partial charge in [0, 0.05) is 5.56 Å². The van der Waals surface area contributed by atoms with Gasteiger partial charge in [-0.15, -0.1) is 10.2 Å². The van der Waals surface area contributed by atoms with Crippen molar-refractivity contribution in [3.63, 3.8) is 0 Å². The molecule has 0 saturated heterocycles. The SMILES string of the molecule is CCc1ccc(C(=O)CSc2nnc(-c3ccco3)o2)cc1. The molecular weight excluding hydrogens is 300 g/mol. The van der Waals surface area contributed by atoms with E-state index in [1.54, 1.807) is 12.1 Å². The molecule has 1 aromatic carbocycles. The third kappa shape index (κ3) is 3.28. The molecule has 112 valence electrons. The Morgan fingerprint density at radius 3 is 2.68 bits per heavy atom. The molecule has 3 aromatic rings. The number of hydrogen-bond donors (Lipinski definition) is 0. The van der Waals surface area contributed by atoms with Crippen LogP contribution in [0.3, 0.4) is 0 Å². The van der Waals surface area contributed by atoms with Crippen molar-refractivity contribution < 1.29 is 13.6 Å². The molecule has 0 saturated carbocycles. The Hall–Kier alpha value is -2.34. The van der Waals surface area contributed by atoms with Gasteiger partial charge in [-0.25, -0.2) is 0 Å². The first-order chi connectivity index (χ1) is 10.8. The van der Waals surface area contributed by atoms with Crippen molar-refractivity contribution in [2.45, 2.75) is 18.6 Å². The molecule has 0 N–H and O–H groups in total. The van der Waals surface area contributed by atoms with Gasteiger partial charge in [0.05, 0.1) is 12.0 Å². The molecule has 0 aliphatic rings. The van der Waals surface area contributed by atoms with E-state index in [-0.39, 0.29) is 11.5 Å². The minimum atomic E-state index is 0.0328. The van der Waals surface area contributed by atoms with Crippen molar-refractivity contribution in [3.05, 3.63) is 53.8 Å². The fourth-order valence-electron chi connectivity index (χ4n) is 1.90. The zero-order valence-electron chi connectivity index (χ0n) is 12.0. The zero-order valence-corrected chi connectivity index (χ0v) is 12.8. The van der Waals surface area contributed by atoms with Crippen LogP contribution < -0.4 is 0 Å². The molecule has 0 spiro atoms. The first-order valence-corrected chi connectivity index (χ1v) is 7.87. The number of ketones is 1. The molecule has 0 atom stereocenters. The molecule has 0 unspecified atom stereocenters. The minimum Gasteiger partial charge on any atom is -0.459 e. The number of rotatable bonds is 6. The molecule has 6 heteroatoms. The van der Waals surface area contributed by atoms with Crippen molar-refractivity contribution in [3.8, 4) is 11.7 Å². The highest BCUT2D eigenvalue weighted by molar-refractivity contribution is 7.99. The van der Waals surface area contributed by atoms with Crippen LogP contribution in [0, 0.1) is 0 Å². The monoisotopic (exact) mass is 314 g/mol. The van der Waals surface area contributed by atoms with Gasteiger partial charge in [0.15, 0.2) is 11.5 Å². The Morgan fingerprint density at radius 1 is 1.18 bits per heavy atom. The van der Waals surface area contributed by atoms with Crippen molar-refractivity contribution in [2.24, 2.45) is 0 Å². The largest absolute Gasteiger partial charge is 0.459 e. The van der Waals surface area contributed by atoms with Gasteiger partial charge in [0.25, 0.3) is 11.1 Å². The highest BCUT2D eigenvalue weighted by Crippen LogP contribution is 2.24. The smallest absolute Gasteiger partial charge is 0.284 e. The molecule has 0 radical (unpaired) electrons. The number of nitrogens with zero attached hydrogens (tertiary/aromatic N) is 2. The number of thioether (sulfide) groups is 1. The summed E-state index contributed by atoms with van der Waals surface area (Å²) in [5.41, 5.74) is 1.90. The maximum Gasteiger partial charge on any atom is 0.284 e. The van der Waals surface area contributed by atoms with Crippen molar-refractivity contribution >= 4 is 17.5 Å². The molecule has 0 aliphatic carbocycles. The van der Waals surface area contributed by atoms with Crippen LogP contribution in [0.2, 0.25) is 0 Å². The summed E-state index contributed by atoms with van der Waals surface area (Å²) in [7, 11) is 0. The predicted molar refractivity (Wildman–Crippen MR) is 82.9 cm³/mol. The lowest BCUT2D eigenvalue weighted by atomic mass is 10.1. The second-order valence-electron chi connectivity index (χ2n) is 4.61. The first kappa shape index (κ1) is 14.6. The molecule has 0 aliphatic heterocycles. The normalized spacial score (nSPS) is 10.8. The van der Waals surface area contributed by atoms with Gasteiger partial charge in [-0.3, -0.25) is 4.79 Å². The number of carbonyl (C=O) groups is 1. The van der Waals surface area contributed by atoms with E-state index in [1.165, 1.54) is 23.6 Å². The summed E-state index contributed by atoms with van der Waals surface area (Å²) in [5, 5.41) is 8.14. The Kier molecular flexibility index (Phi) is 4.39. The summed E-state index contributed by atoms with van der Waals surface area (Å²) in [4.78, 5) is 12.1. The van der Waals surface area contributed by atoms with Crippen LogP contribution in [-0.4, -0.2) is 21.7 Å². The summed E-state index contributed by atoms with van der Waals surface area (Å²) < 4.78 is 10.6. The highest BCUT2D eigenvalue weighted by atomic mass is 32.2. The lowest BCUT2D eigenvalue weighted by molar-refractivity contribution is 0.102. The van der Waals surface area contributed by atoms with E-state index in [9.17, 15) is 4.79 Å². The Morgan fingerprint density at radius 2 is 2.00 bits per heavy atom. The van der Waals surface area contributed by atoms with Crippen LogP contribution in [0.4, 0.5) is 0 Å². The number of carbonyl (C=O) groups excluding carboxylic acids is 1. The van der Waals surface area contributed by atoms with E-state index in [0.717, 1.165) is 6.42 Å². The lowest BCUT2D eigenvalue weighted by Crippen LogP contribution is -2.02. The molecule has 22 heavy (non-hydrogen) atoms. The highest BCUT2D eigenvalue weighted by Gasteiger charge is 2.13. The van der Waals surface area contributed by atoms with Gasteiger partial charge in [0.1, 0.15) is 0 Å². The second-order valence-corrected chi connectivity index (χ2v) is 5.54. The number of aromatic nitrogens is 2. The van der Waals surface area contributed by atoms with Gasteiger partial charge in [-0.1, -0.05) is 43.0 Å². The summed E-state index contributed by atoms with van der Waals surface area (Å²) in [6.07, 6.45) is 2.50. The van der Waals surface area contributed by atoms with E-state index in [0.29, 0.717) is 22.4 Å². The predicted octanol–water partition coefficient (Wildman–Crippen LogP) is 3.87. The quantitative estimate of drug-likeness (QED) is 0.508. The number of hydrogen-bond acceptors (Lipinski definition) is 6. The summed E-state index contributed by atoms with van der Waals surface area (Å²) in [5.74, 6) is 1.11. The summed E-state index contributed by atoms with van der Waals surface area (Å²) >= 11 is 1.22. The summed E-state index contributed by atoms with van der Waals surface area (Å²) in [6.45, 7) is 2.08. The van der Waals surface area contributed by atoms with E-state index >= 15 is 0 Å². The summed E-state index contributed by atoms with van der Waals surface area (Å²) in [6, 6.07) is 11.1. The van der Waals surface area contributed by atoms with E-state index in [2.05, 4.69) is 17.1 Å². The minimum absolute atomic E-state index is 0.0328. The maximum absolute atomic E-state index is 12.1. The van der Waals surface area contributed by atoms with Crippen LogP contribution in [0.1, 0.15) is 22.8 Å². The van der Waals surface area contributed by atoms with Crippen LogP contribution in [-0.2, 0) is 6.42 Å². The Bertz CT molecular complexity index is 748. The average Bonchev–Trinajstić information content (AvgIpc) is 3.23. The third-order valence-electron chi connectivity index (χ3n) is 3.15. The number of aryl methyl sites for hydroxylation is 1. The standard InChI is InChI=1S/C16H14N2O3S/c1-2-11-5-7-12(8-6-11)13(19)10-22-16-18-17-15(21-16)14-4-3-9-20-14/h3-9H,2,10H2,1H3. The maximum atomic E-state index is 12.1. The van der Waals surface area contributed by atoms with Gasteiger partial charge in [-0.2, -0.15) is 0 Å². The number of benzene rings is 1. The molecule has 5 nitrogen and oxygen atoms in total. The fourth-order valence-corrected chi connectivity index (χ4v) is 2.56. The van der Waals surface area contributed by atoms with Crippen molar-refractivity contribution in [1.29, 1.82) is 0 Å². The van der Waals surface area contributed by atoms with Crippen molar-refractivity contribution in [2.75, 3.05) is 5.75 Å². The van der Waals surface area contributed by atoms with Gasteiger partial charge < -0.3 is 8.83 Å². The van der Waals surface area contributed by atoms with Gasteiger partial charge >= 0.3 is 0 Å². The molecule has 0 fully saturated rings. The van der Waals surface area contributed by atoms with Crippen LogP contribution in [0.15, 0.2) is 56.7 Å². The van der Waals surface area contributed by atoms with Crippen LogP contribution in [0.5, 0.6) is 0 Å². The third-order valence-corrected chi connectivity index (χ3v) is 3.97. The van der Waals surface area contributed by atoms with E-state index < -0.39 is 0 Å². The topological polar surface area (TPSA) is 69.1 Å². The average molecular weight is 314 g/mol. The van der Waals surface area contributed by atoms with Gasteiger partial charge in [-0.05, 0) is 24.1 Å². The van der Waals surface area contributed by atoms with Crippen LogP contribution >= 0.6 is 11.8 Å². The van der Waals surface area contributed by atoms with E-state index in [1.807, 2.05) is 24.3 Å². The molecule has 2 heterocycles. The fraction of sp³-hybridized carbons (Fsp3) is 0.188. The first-order valence-electron chi connectivity index (χ1n) is 6.88. The Balaban J connectivity index is 1.61. The van der Waals surface area contributed by atoms with Crippen LogP contribution in [0.25, 0.3) is 11.7 Å². The molecule has 3 rings (SSSR count). The molecular formula is C16H14N2O3S. The number of furan rings is 1. The van der Waals surface area contributed by atoms with Crippen molar-refractivity contribution in [1.82, 2.24) is 10.2 Å². The van der Waals surface area contributed by atoms with E-state index in [4.69, 9.17) is 8.83 Å². The lowest BCUT2D eigenvalue weighted by Gasteiger charge is -2.00. The number of Topliss-reactive ketones (excluding diaryl/α,β-unsaturated/α-hetero) is 1. The second kappa shape index (κ2) is 6.62. The molecule has 2 aromatic heterocycles. The Labute approximate surface area is 131 Å².